The van der Waals surface area contributed by atoms with Gasteiger partial charge in [0.2, 0.25) is 0 Å². The molecule has 24 heavy (non-hydrogen) atoms. The lowest BCUT2D eigenvalue weighted by Crippen LogP contribution is -2.23. The smallest absolute Gasteiger partial charge is 0.256 e. The second kappa shape index (κ2) is 6.00. The first-order chi connectivity index (χ1) is 11.5. The largest absolute Gasteiger partial charge is 0.399 e. The molecule has 120 valence electrons. The molecule has 1 heterocycles. The Bertz CT molecular complexity index is 961. The van der Waals surface area contributed by atoms with E-state index in [2.05, 4.69) is 0 Å². The van der Waals surface area contributed by atoms with Gasteiger partial charge in [-0.15, -0.1) is 0 Å². The molecule has 6 heteroatoms. The van der Waals surface area contributed by atoms with E-state index in [4.69, 9.17) is 11.5 Å². The standard InChI is InChI=1S/C18H14FN3O2/c19-12-3-1-11(2-4-12)17(24)15-9-10-16(23)22(18(15)21)14-7-5-13(20)6-8-14/h1-10H,20-21H2. The zero-order chi connectivity index (χ0) is 17.3. The number of carbonyl (C=O) groups excluding carboxylic acids is 1. The van der Waals surface area contributed by atoms with E-state index in [1.807, 2.05) is 0 Å². The van der Waals surface area contributed by atoms with E-state index in [0.29, 0.717) is 11.4 Å². The summed E-state index contributed by atoms with van der Waals surface area (Å²) in [6.07, 6.45) is 0. The monoisotopic (exact) mass is 323 g/mol. The zero-order valence-corrected chi connectivity index (χ0v) is 12.6. The van der Waals surface area contributed by atoms with Crippen LogP contribution in [0, 0.1) is 5.82 Å². The van der Waals surface area contributed by atoms with Gasteiger partial charge in [0, 0.05) is 17.3 Å². The van der Waals surface area contributed by atoms with Gasteiger partial charge in [-0.1, -0.05) is 0 Å². The maximum Gasteiger partial charge on any atom is 0.256 e. The molecular weight excluding hydrogens is 309 g/mol. The number of anilines is 2. The number of rotatable bonds is 3. The minimum Gasteiger partial charge on any atom is -0.399 e. The van der Waals surface area contributed by atoms with Crippen molar-refractivity contribution < 1.29 is 9.18 Å². The highest BCUT2D eigenvalue weighted by Gasteiger charge is 2.16. The maximum absolute atomic E-state index is 13.0. The Hall–Kier alpha value is -3.41. The molecule has 1 aromatic heterocycles. The van der Waals surface area contributed by atoms with Crippen molar-refractivity contribution in [1.82, 2.24) is 4.57 Å². The zero-order valence-electron chi connectivity index (χ0n) is 12.6. The Morgan fingerprint density at radius 3 is 2.12 bits per heavy atom. The third-order valence-electron chi connectivity index (χ3n) is 3.63. The van der Waals surface area contributed by atoms with Crippen LogP contribution in [0.1, 0.15) is 15.9 Å². The van der Waals surface area contributed by atoms with E-state index in [0.717, 1.165) is 0 Å². The van der Waals surface area contributed by atoms with Crippen LogP contribution in [-0.4, -0.2) is 10.4 Å². The van der Waals surface area contributed by atoms with Crippen LogP contribution in [0.2, 0.25) is 0 Å². The summed E-state index contributed by atoms with van der Waals surface area (Å²) in [4.78, 5) is 24.8. The Kier molecular flexibility index (Phi) is 3.87. The number of hydrogen-bond acceptors (Lipinski definition) is 4. The molecule has 0 aliphatic heterocycles. The van der Waals surface area contributed by atoms with Gasteiger partial charge < -0.3 is 11.5 Å². The van der Waals surface area contributed by atoms with E-state index < -0.39 is 11.6 Å². The number of benzene rings is 2. The third-order valence-corrected chi connectivity index (χ3v) is 3.63. The van der Waals surface area contributed by atoms with E-state index in [1.54, 1.807) is 24.3 Å². The van der Waals surface area contributed by atoms with Crippen molar-refractivity contribution in [3.63, 3.8) is 0 Å². The molecule has 0 saturated carbocycles. The van der Waals surface area contributed by atoms with Crippen molar-refractivity contribution in [3.8, 4) is 5.69 Å². The molecular formula is C18H14FN3O2. The lowest BCUT2D eigenvalue weighted by molar-refractivity contribution is 0.103. The van der Waals surface area contributed by atoms with E-state index in [1.165, 1.54) is 41.0 Å². The number of carbonyl (C=O) groups is 1. The van der Waals surface area contributed by atoms with Crippen molar-refractivity contribution >= 4 is 17.3 Å². The predicted molar refractivity (Wildman–Crippen MR) is 90.7 cm³/mol. The summed E-state index contributed by atoms with van der Waals surface area (Å²) < 4.78 is 14.2. The van der Waals surface area contributed by atoms with Crippen LogP contribution in [0.25, 0.3) is 5.69 Å². The van der Waals surface area contributed by atoms with Crippen LogP contribution in [0.5, 0.6) is 0 Å². The second-order valence-corrected chi connectivity index (χ2v) is 5.23. The molecule has 0 aliphatic carbocycles. The van der Waals surface area contributed by atoms with Gasteiger partial charge in [-0.25, -0.2) is 4.39 Å². The Balaban J connectivity index is 2.12. The number of aromatic nitrogens is 1. The SMILES string of the molecule is Nc1ccc(-n2c(N)c(C(=O)c3ccc(F)cc3)ccc2=O)cc1. The first-order valence-corrected chi connectivity index (χ1v) is 7.15. The van der Waals surface area contributed by atoms with Crippen LogP contribution < -0.4 is 17.0 Å². The average Bonchev–Trinajstić information content (AvgIpc) is 2.57. The number of nitrogens with two attached hydrogens (primary N) is 2. The summed E-state index contributed by atoms with van der Waals surface area (Å²) in [5, 5.41) is 0. The normalized spacial score (nSPS) is 10.5. The van der Waals surface area contributed by atoms with E-state index in [-0.39, 0.29) is 22.5 Å². The summed E-state index contributed by atoms with van der Waals surface area (Å²) >= 11 is 0. The molecule has 4 N–H and O–H groups in total. The first kappa shape index (κ1) is 15.5. The van der Waals surface area contributed by atoms with Crippen LogP contribution in [0.15, 0.2) is 65.5 Å². The lowest BCUT2D eigenvalue weighted by atomic mass is 10.0. The highest BCUT2D eigenvalue weighted by Crippen LogP contribution is 2.19. The summed E-state index contributed by atoms with van der Waals surface area (Å²) in [6, 6.07) is 14.3. The molecule has 2 aromatic carbocycles. The van der Waals surface area contributed by atoms with Crippen molar-refractivity contribution in [2.75, 3.05) is 11.5 Å². The second-order valence-electron chi connectivity index (χ2n) is 5.23. The third kappa shape index (κ3) is 2.77. The minimum atomic E-state index is -0.439. The van der Waals surface area contributed by atoms with Gasteiger partial charge in [-0.2, -0.15) is 0 Å². The summed E-state index contributed by atoms with van der Waals surface area (Å²) in [6.45, 7) is 0. The van der Waals surface area contributed by atoms with Gasteiger partial charge in [-0.05, 0) is 54.6 Å². The molecule has 0 saturated heterocycles. The molecule has 0 bridgehead atoms. The van der Waals surface area contributed by atoms with Gasteiger partial charge >= 0.3 is 0 Å². The lowest BCUT2D eigenvalue weighted by Gasteiger charge is -2.13. The molecule has 0 spiro atoms. The topological polar surface area (TPSA) is 91.1 Å². The molecule has 3 aromatic rings. The molecule has 0 radical (unpaired) electrons. The van der Waals surface area contributed by atoms with Crippen molar-refractivity contribution in [3.05, 3.63) is 88.0 Å². The number of nitrogens with zero attached hydrogens (tertiary/aromatic N) is 1. The average molecular weight is 323 g/mol. The summed E-state index contributed by atoms with van der Waals surface area (Å²) in [5.74, 6) is -0.815. The van der Waals surface area contributed by atoms with Crippen LogP contribution in [0.4, 0.5) is 15.9 Å². The summed E-state index contributed by atoms with van der Waals surface area (Å²) in [7, 11) is 0. The van der Waals surface area contributed by atoms with Crippen molar-refractivity contribution in [2.24, 2.45) is 0 Å². The van der Waals surface area contributed by atoms with Crippen LogP contribution >= 0.6 is 0 Å². The van der Waals surface area contributed by atoms with Gasteiger partial charge in [0.1, 0.15) is 11.6 Å². The van der Waals surface area contributed by atoms with Crippen molar-refractivity contribution in [1.29, 1.82) is 0 Å². The number of hydrogen-bond donors (Lipinski definition) is 2. The van der Waals surface area contributed by atoms with Crippen LogP contribution in [-0.2, 0) is 0 Å². The molecule has 0 fully saturated rings. The molecule has 5 nitrogen and oxygen atoms in total. The first-order valence-electron chi connectivity index (χ1n) is 7.15. The molecule has 0 atom stereocenters. The molecule has 3 rings (SSSR count). The summed E-state index contributed by atoms with van der Waals surface area (Å²) in [5.41, 5.74) is 12.8. The van der Waals surface area contributed by atoms with Crippen molar-refractivity contribution in [2.45, 2.75) is 0 Å². The molecule has 0 aliphatic rings. The Morgan fingerprint density at radius 1 is 0.875 bits per heavy atom. The number of nitrogen functional groups attached to an aromatic ring is 2. The highest BCUT2D eigenvalue weighted by atomic mass is 19.1. The quantitative estimate of drug-likeness (QED) is 0.572. The predicted octanol–water partition coefficient (Wildman–Crippen LogP) is 2.37. The number of pyridine rings is 1. The van der Waals surface area contributed by atoms with Crippen LogP contribution in [0.3, 0.4) is 0 Å². The maximum atomic E-state index is 13.0. The van der Waals surface area contributed by atoms with Gasteiger partial charge in [0.05, 0.1) is 11.3 Å². The highest BCUT2D eigenvalue weighted by molar-refractivity contribution is 6.11. The fraction of sp³-hybridized carbons (Fsp3) is 0. The Morgan fingerprint density at radius 2 is 1.50 bits per heavy atom. The fourth-order valence-corrected chi connectivity index (χ4v) is 2.39. The van der Waals surface area contributed by atoms with E-state index in [9.17, 15) is 14.0 Å². The number of halogens is 1. The molecule has 0 unspecified atom stereocenters. The fourth-order valence-electron chi connectivity index (χ4n) is 2.39. The van der Waals surface area contributed by atoms with Gasteiger partial charge in [-0.3, -0.25) is 14.2 Å². The Labute approximate surface area is 137 Å². The molecule has 0 amide bonds. The minimum absolute atomic E-state index is 0.0154. The van der Waals surface area contributed by atoms with E-state index >= 15 is 0 Å². The number of ketones is 1. The van der Waals surface area contributed by atoms with Gasteiger partial charge in [0.25, 0.3) is 5.56 Å². The van der Waals surface area contributed by atoms with Gasteiger partial charge in [0.15, 0.2) is 5.78 Å².